The summed E-state index contributed by atoms with van der Waals surface area (Å²) in [6.07, 6.45) is 8.10. The SMILES string of the molecule is C#CCN(C)C(=O)c1ncccn1. The second kappa shape index (κ2) is 4.21. The van der Waals surface area contributed by atoms with E-state index in [2.05, 4.69) is 15.9 Å². The van der Waals surface area contributed by atoms with Crippen molar-refractivity contribution in [2.75, 3.05) is 13.6 Å². The van der Waals surface area contributed by atoms with Crippen LogP contribution in [0, 0.1) is 12.3 Å². The van der Waals surface area contributed by atoms with Crippen LogP contribution in [-0.2, 0) is 0 Å². The Morgan fingerprint density at radius 1 is 1.62 bits per heavy atom. The maximum atomic E-state index is 11.4. The molecule has 1 aromatic rings. The summed E-state index contributed by atoms with van der Waals surface area (Å²) in [4.78, 5) is 20.4. The first-order valence-electron chi connectivity index (χ1n) is 3.71. The molecule has 0 saturated carbocycles. The summed E-state index contributed by atoms with van der Waals surface area (Å²) in [5.41, 5.74) is 0. The Labute approximate surface area is 76.6 Å². The van der Waals surface area contributed by atoms with Gasteiger partial charge in [0.2, 0.25) is 5.82 Å². The number of terminal acetylenes is 1. The molecule has 0 aliphatic rings. The van der Waals surface area contributed by atoms with E-state index in [1.807, 2.05) is 0 Å². The van der Waals surface area contributed by atoms with Gasteiger partial charge in [0.1, 0.15) is 0 Å². The van der Waals surface area contributed by atoms with Crippen LogP contribution in [0.5, 0.6) is 0 Å². The van der Waals surface area contributed by atoms with Gasteiger partial charge in [0.25, 0.3) is 5.91 Å². The summed E-state index contributed by atoms with van der Waals surface area (Å²) in [5.74, 6) is 2.27. The molecule has 0 N–H and O–H groups in total. The number of hydrogen-bond acceptors (Lipinski definition) is 3. The van der Waals surface area contributed by atoms with E-state index < -0.39 is 0 Å². The van der Waals surface area contributed by atoms with Crippen LogP contribution in [0.1, 0.15) is 10.6 Å². The molecule has 1 aromatic heterocycles. The molecule has 0 aliphatic carbocycles. The van der Waals surface area contributed by atoms with E-state index in [1.54, 1.807) is 13.1 Å². The summed E-state index contributed by atoms with van der Waals surface area (Å²) in [5, 5.41) is 0. The van der Waals surface area contributed by atoms with Crippen molar-refractivity contribution in [2.24, 2.45) is 0 Å². The van der Waals surface area contributed by atoms with Gasteiger partial charge in [-0.15, -0.1) is 6.42 Å². The number of hydrogen-bond donors (Lipinski definition) is 0. The summed E-state index contributed by atoms with van der Waals surface area (Å²) in [6, 6.07) is 1.65. The number of carbonyl (C=O) groups is 1. The Hall–Kier alpha value is -1.89. The first-order valence-corrected chi connectivity index (χ1v) is 3.71. The summed E-state index contributed by atoms with van der Waals surface area (Å²) >= 11 is 0. The van der Waals surface area contributed by atoms with E-state index >= 15 is 0 Å². The Morgan fingerprint density at radius 2 is 2.23 bits per heavy atom. The summed E-state index contributed by atoms with van der Waals surface area (Å²) in [6.45, 7) is 0.261. The molecule has 13 heavy (non-hydrogen) atoms. The second-order valence-electron chi connectivity index (χ2n) is 2.44. The highest BCUT2D eigenvalue weighted by molar-refractivity contribution is 5.90. The summed E-state index contributed by atoms with van der Waals surface area (Å²) < 4.78 is 0. The molecule has 0 spiro atoms. The van der Waals surface area contributed by atoms with E-state index in [9.17, 15) is 4.79 Å². The Morgan fingerprint density at radius 3 is 2.77 bits per heavy atom. The van der Waals surface area contributed by atoms with Gasteiger partial charge < -0.3 is 4.90 Å². The lowest BCUT2D eigenvalue weighted by atomic mass is 10.4. The maximum absolute atomic E-state index is 11.4. The predicted molar refractivity (Wildman–Crippen MR) is 47.8 cm³/mol. The molecule has 0 saturated heterocycles. The van der Waals surface area contributed by atoms with Gasteiger partial charge in [-0.25, -0.2) is 9.97 Å². The van der Waals surface area contributed by atoms with E-state index in [4.69, 9.17) is 6.42 Å². The minimum absolute atomic E-state index is 0.167. The van der Waals surface area contributed by atoms with Gasteiger partial charge in [0.05, 0.1) is 6.54 Å². The molecular weight excluding hydrogens is 166 g/mol. The van der Waals surface area contributed by atoms with Gasteiger partial charge in [-0.2, -0.15) is 0 Å². The van der Waals surface area contributed by atoms with Crippen LogP contribution in [0.4, 0.5) is 0 Å². The third-order valence-electron chi connectivity index (χ3n) is 1.43. The number of amides is 1. The van der Waals surface area contributed by atoms with Gasteiger partial charge in [-0.05, 0) is 6.07 Å². The van der Waals surface area contributed by atoms with E-state index in [0.29, 0.717) is 0 Å². The fraction of sp³-hybridized carbons (Fsp3) is 0.222. The van der Waals surface area contributed by atoms with Crippen molar-refractivity contribution in [2.45, 2.75) is 0 Å². The fourth-order valence-electron chi connectivity index (χ4n) is 0.789. The molecule has 1 amide bonds. The first-order chi connectivity index (χ1) is 6.25. The van der Waals surface area contributed by atoms with Crippen LogP contribution in [0.15, 0.2) is 18.5 Å². The van der Waals surface area contributed by atoms with Crippen LogP contribution in [0.25, 0.3) is 0 Å². The van der Waals surface area contributed by atoms with Crippen molar-refractivity contribution in [1.29, 1.82) is 0 Å². The average Bonchev–Trinajstić information content (AvgIpc) is 2.18. The highest BCUT2D eigenvalue weighted by Gasteiger charge is 2.12. The molecule has 0 bridgehead atoms. The molecular formula is C9H9N3O. The lowest BCUT2D eigenvalue weighted by Gasteiger charge is -2.11. The lowest BCUT2D eigenvalue weighted by Crippen LogP contribution is -2.28. The number of nitrogens with zero attached hydrogens (tertiary/aromatic N) is 3. The van der Waals surface area contributed by atoms with Gasteiger partial charge in [-0.1, -0.05) is 5.92 Å². The van der Waals surface area contributed by atoms with Crippen molar-refractivity contribution in [3.8, 4) is 12.3 Å². The molecule has 0 atom stereocenters. The normalized spacial score (nSPS) is 8.92. The molecule has 0 unspecified atom stereocenters. The van der Waals surface area contributed by atoms with Gasteiger partial charge in [-0.3, -0.25) is 4.79 Å². The molecule has 4 nitrogen and oxygen atoms in total. The average molecular weight is 175 g/mol. The molecule has 0 aliphatic heterocycles. The largest absolute Gasteiger partial charge is 0.328 e. The van der Waals surface area contributed by atoms with Crippen LogP contribution < -0.4 is 0 Å². The van der Waals surface area contributed by atoms with Crippen LogP contribution >= 0.6 is 0 Å². The number of carbonyl (C=O) groups excluding carboxylic acids is 1. The monoisotopic (exact) mass is 175 g/mol. The zero-order valence-electron chi connectivity index (χ0n) is 7.27. The molecule has 0 radical (unpaired) electrons. The third kappa shape index (κ3) is 2.27. The molecule has 0 fully saturated rings. The van der Waals surface area contributed by atoms with Crippen molar-refractivity contribution in [3.05, 3.63) is 24.3 Å². The molecule has 66 valence electrons. The standard InChI is InChI=1S/C9H9N3O/c1-3-7-12(2)9(13)8-10-5-4-6-11-8/h1,4-6H,7H2,2H3. The Balaban J connectivity index is 2.75. The van der Waals surface area contributed by atoms with Crippen molar-refractivity contribution < 1.29 is 4.79 Å². The van der Waals surface area contributed by atoms with Gasteiger partial charge in [0, 0.05) is 19.4 Å². The van der Waals surface area contributed by atoms with Crippen LogP contribution in [-0.4, -0.2) is 34.4 Å². The summed E-state index contributed by atoms with van der Waals surface area (Å²) in [7, 11) is 1.61. The van der Waals surface area contributed by atoms with Crippen LogP contribution in [0.3, 0.4) is 0 Å². The van der Waals surface area contributed by atoms with E-state index in [-0.39, 0.29) is 18.3 Å². The zero-order valence-corrected chi connectivity index (χ0v) is 7.27. The molecule has 1 heterocycles. The minimum Gasteiger partial charge on any atom is -0.328 e. The molecule has 1 rings (SSSR count). The first kappa shape index (κ1) is 9.20. The lowest BCUT2D eigenvalue weighted by molar-refractivity contribution is 0.0800. The van der Waals surface area contributed by atoms with Crippen molar-refractivity contribution >= 4 is 5.91 Å². The quantitative estimate of drug-likeness (QED) is 0.602. The van der Waals surface area contributed by atoms with Gasteiger partial charge in [0.15, 0.2) is 0 Å². The topological polar surface area (TPSA) is 46.1 Å². The Bertz CT molecular complexity index is 328. The van der Waals surface area contributed by atoms with Crippen LogP contribution in [0.2, 0.25) is 0 Å². The number of rotatable bonds is 2. The van der Waals surface area contributed by atoms with E-state index in [1.165, 1.54) is 17.3 Å². The van der Waals surface area contributed by atoms with Crippen molar-refractivity contribution in [3.63, 3.8) is 0 Å². The second-order valence-corrected chi connectivity index (χ2v) is 2.44. The van der Waals surface area contributed by atoms with E-state index in [0.717, 1.165) is 0 Å². The zero-order chi connectivity index (χ0) is 9.68. The predicted octanol–water partition coefficient (Wildman–Crippen LogP) is 0.182. The highest BCUT2D eigenvalue weighted by Crippen LogP contribution is 1.93. The third-order valence-corrected chi connectivity index (χ3v) is 1.43. The smallest absolute Gasteiger partial charge is 0.292 e. The van der Waals surface area contributed by atoms with Crippen molar-refractivity contribution in [1.82, 2.24) is 14.9 Å². The molecule has 0 aromatic carbocycles. The number of aromatic nitrogens is 2. The Kier molecular flexibility index (Phi) is 2.98. The fourth-order valence-corrected chi connectivity index (χ4v) is 0.789. The highest BCUT2D eigenvalue weighted by atomic mass is 16.2. The molecule has 4 heteroatoms. The minimum atomic E-state index is -0.265. The maximum Gasteiger partial charge on any atom is 0.292 e. The van der Waals surface area contributed by atoms with Gasteiger partial charge >= 0.3 is 0 Å².